The molecule has 0 bridgehead atoms. The Morgan fingerprint density at radius 1 is 1.05 bits per heavy atom. The summed E-state index contributed by atoms with van der Waals surface area (Å²) < 4.78 is 0. The number of nitrogen functional groups attached to an aromatic ring is 1. The standard InChI is InChI=1S/C17H15N3O/c18-14-8-6-12(7-9-14)11-16(21)20-15-5-1-3-13-4-2-10-19-17(13)15/h1-10H,11,18H2,(H,20,21). The van der Waals surface area contributed by atoms with Gasteiger partial charge in [0.1, 0.15) is 0 Å². The highest BCUT2D eigenvalue weighted by atomic mass is 16.1. The van der Waals surface area contributed by atoms with Gasteiger partial charge in [0.05, 0.1) is 17.6 Å². The molecule has 0 aliphatic rings. The molecule has 4 nitrogen and oxygen atoms in total. The maximum absolute atomic E-state index is 12.1. The average molecular weight is 277 g/mol. The predicted octanol–water partition coefficient (Wildman–Crippen LogP) is 3.00. The molecule has 0 saturated carbocycles. The van der Waals surface area contributed by atoms with Gasteiger partial charge < -0.3 is 11.1 Å². The molecule has 1 amide bonds. The minimum Gasteiger partial charge on any atom is -0.399 e. The lowest BCUT2D eigenvalue weighted by atomic mass is 10.1. The van der Waals surface area contributed by atoms with Crippen molar-refractivity contribution in [3.8, 4) is 0 Å². The molecule has 3 rings (SSSR count). The van der Waals surface area contributed by atoms with Crippen LogP contribution in [0.15, 0.2) is 60.8 Å². The second kappa shape index (κ2) is 5.63. The minimum atomic E-state index is -0.0714. The Bertz CT molecular complexity index is 776. The SMILES string of the molecule is Nc1ccc(CC(=O)Nc2cccc3cccnc23)cc1. The smallest absolute Gasteiger partial charge is 0.228 e. The second-order valence-corrected chi connectivity index (χ2v) is 4.85. The fourth-order valence-corrected chi connectivity index (χ4v) is 2.22. The molecular weight excluding hydrogens is 262 g/mol. The molecule has 21 heavy (non-hydrogen) atoms. The van der Waals surface area contributed by atoms with Crippen LogP contribution in [0.4, 0.5) is 11.4 Å². The van der Waals surface area contributed by atoms with E-state index in [0.717, 1.165) is 22.2 Å². The summed E-state index contributed by atoms with van der Waals surface area (Å²) in [6.45, 7) is 0. The number of nitrogens with two attached hydrogens (primary N) is 1. The molecule has 0 radical (unpaired) electrons. The number of carbonyl (C=O) groups is 1. The number of pyridine rings is 1. The van der Waals surface area contributed by atoms with Gasteiger partial charge in [-0.05, 0) is 29.8 Å². The number of nitrogens with one attached hydrogen (secondary N) is 1. The lowest BCUT2D eigenvalue weighted by Gasteiger charge is -2.08. The summed E-state index contributed by atoms with van der Waals surface area (Å²) in [5, 5.41) is 3.92. The van der Waals surface area contributed by atoms with Crippen LogP contribution >= 0.6 is 0 Å². The van der Waals surface area contributed by atoms with E-state index >= 15 is 0 Å². The molecule has 4 heteroatoms. The predicted molar refractivity (Wildman–Crippen MR) is 84.9 cm³/mol. The summed E-state index contributed by atoms with van der Waals surface area (Å²) in [5.41, 5.74) is 8.78. The lowest BCUT2D eigenvalue weighted by Crippen LogP contribution is -2.14. The Morgan fingerprint density at radius 2 is 1.81 bits per heavy atom. The summed E-state index contributed by atoms with van der Waals surface area (Å²) in [6.07, 6.45) is 2.03. The zero-order valence-electron chi connectivity index (χ0n) is 11.4. The molecule has 1 heterocycles. The van der Waals surface area contributed by atoms with Gasteiger partial charge in [0.2, 0.25) is 5.91 Å². The van der Waals surface area contributed by atoms with Gasteiger partial charge in [-0.15, -0.1) is 0 Å². The largest absolute Gasteiger partial charge is 0.399 e. The summed E-state index contributed by atoms with van der Waals surface area (Å²) in [4.78, 5) is 16.5. The zero-order chi connectivity index (χ0) is 14.7. The van der Waals surface area contributed by atoms with Gasteiger partial charge in [0.25, 0.3) is 0 Å². The normalized spacial score (nSPS) is 10.5. The highest BCUT2D eigenvalue weighted by Crippen LogP contribution is 2.20. The van der Waals surface area contributed by atoms with Crippen LogP contribution in [0.3, 0.4) is 0 Å². The topological polar surface area (TPSA) is 68.0 Å². The van der Waals surface area contributed by atoms with E-state index in [1.54, 1.807) is 18.3 Å². The molecule has 0 aliphatic heterocycles. The van der Waals surface area contributed by atoms with Crippen LogP contribution in [0.25, 0.3) is 10.9 Å². The van der Waals surface area contributed by atoms with Crippen LogP contribution in [0, 0.1) is 0 Å². The summed E-state index contributed by atoms with van der Waals surface area (Å²) in [5.74, 6) is -0.0714. The van der Waals surface area contributed by atoms with E-state index in [1.807, 2.05) is 42.5 Å². The first-order chi connectivity index (χ1) is 10.2. The van der Waals surface area contributed by atoms with Crippen LogP contribution in [0.1, 0.15) is 5.56 Å². The molecule has 1 aromatic heterocycles. The van der Waals surface area contributed by atoms with E-state index in [0.29, 0.717) is 12.1 Å². The molecule has 3 aromatic rings. The van der Waals surface area contributed by atoms with Crippen molar-refractivity contribution in [1.29, 1.82) is 0 Å². The first kappa shape index (κ1) is 13.1. The van der Waals surface area contributed by atoms with Crippen LogP contribution in [0.5, 0.6) is 0 Å². The molecule has 2 aromatic carbocycles. The number of aromatic nitrogens is 1. The van der Waals surface area contributed by atoms with Crippen molar-refractivity contribution in [3.05, 3.63) is 66.4 Å². The van der Waals surface area contributed by atoms with Gasteiger partial charge in [-0.3, -0.25) is 9.78 Å². The van der Waals surface area contributed by atoms with E-state index in [2.05, 4.69) is 10.3 Å². The first-order valence-corrected chi connectivity index (χ1v) is 6.70. The third kappa shape index (κ3) is 3.00. The zero-order valence-corrected chi connectivity index (χ0v) is 11.4. The number of benzene rings is 2. The number of carbonyl (C=O) groups excluding carboxylic acids is 1. The van der Waals surface area contributed by atoms with E-state index in [-0.39, 0.29) is 5.91 Å². The van der Waals surface area contributed by atoms with Gasteiger partial charge in [0, 0.05) is 17.3 Å². The maximum atomic E-state index is 12.1. The number of hydrogen-bond acceptors (Lipinski definition) is 3. The van der Waals surface area contributed by atoms with E-state index in [9.17, 15) is 4.79 Å². The maximum Gasteiger partial charge on any atom is 0.228 e. The molecular formula is C17H15N3O. The van der Waals surface area contributed by atoms with Gasteiger partial charge in [0.15, 0.2) is 0 Å². The van der Waals surface area contributed by atoms with Crippen LogP contribution in [0.2, 0.25) is 0 Å². The Balaban J connectivity index is 1.79. The van der Waals surface area contributed by atoms with Crippen molar-refractivity contribution in [2.45, 2.75) is 6.42 Å². The Hall–Kier alpha value is -2.88. The molecule has 0 spiro atoms. The molecule has 0 fully saturated rings. The Morgan fingerprint density at radius 3 is 2.62 bits per heavy atom. The highest BCUT2D eigenvalue weighted by molar-refractivity contribution is 6.00. The van der Waals surface area contributed by atoms with Gasteiger partial charge in [-0.2, -0.15) is 0 Å². The lowest BCUT2D eigenvalue weighted by molar-refractivity contribution is -0.115. The monoisotopic (exact) mass is 277 g/mol. The fourth-order valence-electron chi connectivity index (χ4n) is 2.22. The van der Waals surface area contributed by atoms with Crippen LogP contribution in [-0.4, -0.2) is 10.9 Å². The van der Waals surface area contributed by atoms with Gasteiger partial charge >= 0.3 is 0 Å². The third-order valence-corrected chi connectivity index (χ3v) is 3.25. The van der Waals surface area contributed by atoms with Crippen LogP contribution < -0.4 is 11.1 Å². The third-order valence-electron chi connectivity index (χ3n) is 3.25. The number of anilines is 2. The van der Waals surface area contributed by atoms with Crippen molar-refractivity contribution in [2.24, 2.45) is 0 Å². The number of nitrogens with zero attached hydrogens (tertiary/aromatic N) is 1. The Kier molecular flexibility index (Phi) is 3.51. The molecule has 3 N–H and O–H groups in total. The van der Waals surface area contributed by atoms with E-state index in [1.165, 1.54) is 0 Å². The van der Waals surface area contributed by atoms with Crippen molar-refractivity contribution >= 4 is 28.2 Å². The number of amides is 1. The van der Waals surface area contributed by atoms with E-state index < -0.39 is 0 Å². The first-order valence-electron chi connectivity index (χ1n) is 6.70. The highest BCUT2D eigenvalue weighted by Gasteiger charge is 2.07. The molecule has 0 atom stereocenters. The van der Waals surface area contributed by atoms with Crippen molar-refractivity contribution < 1.29 is 4.79 Å². The quantitative estimate of drug-likeness (QED) is 0.723. The van der Waals surface area contributed by atoms with Crippen molar-refractivity contribution in [3.63, 3.8) is 0 Å². The second-order valence-electron chi connectivity index (χ2n) is 4.85. The van der Waals surface area contributed by atoms with Gasteiger partial charge in [-0.1, -0.05) is 30.3 Å². The van der Waals surface area contributed by atoms with Gasteiger partial charge in [-0.25, -0.2) is 0 Å². The van der Waals surface area contributed by atoms with Crippen molar-refractivity contribution in [1.82, 2.24) is 4.98 Å². The molecule has 0 aliphatic carbocycles. The number of hydrogen-bond donors (Lipinski definition) is 2. The summed E-state index contributed by atoms with van der Waals surface area (Å²) in [6, 6.07) is 16.9. The number of rotatable bonds is 3. The molecule has 0 saturated heterocycles. The fraction of sp³-hybridized carbons (Fsp3) is 0.0588. The summed E-state index contributed by atoms with van der Waals surface area (Å²) in [7, 11) is 0. The summed E-state index contributed by atoms with van der Waals surface area (Å²) >= 11 is 0. The van der Waals surface area contributed by atoms with Crippen LogP contribution in [-0.2, 0) is 11.2 Å². The van der Waals surface area contributed by atoms with E-state index in [4.69, 9.17) is 5.73 Å². The number of fused-ring (bicyclic) bond motifs is 1. The molecule has 0 unspecified atom stereocenters. The minimum absolute atomic E-state index is 0.0714. The molecule has 104 valence electrons. The van der Waals surface area contributed by atoms with Crippen molar-refractivity contribution in [2.75, 3.05) is 11.1 Å². The average Bonchev–Trinajstić information content (AvgIpc) is 2.50. The Labute approximate surface area is 122 Å². The number of para-hydroxylation sites is 1.